The van der Waals surface area contributed by atoms with Crippen LogP contribution >= 0.6 is 0 Å². The van der Waals surface area contributed by atoms with Crippen LogP contribution in [-0.4, -0.2) is 15.8 Å². The van der Waals surface area contributed by atoms with Crippen LogP contribution in [0, 0.1) is 6.92 Å². The Bertz CT molecular complexity index is 566. The first-order chi connectivity index (χ1) is 7.70. The molecule has 0 bridgehead atoms. The Balaban J connectivity index is 2.41. The van der Waals surface area contributed by atoms with Gasteiger partial charge in [0.1, 0.15) is 12.1 Å². The average Bonchev–Trinajstić information content (AvgIpc) is 2.68. The van der Waals surface area contributed by atoms with Crippen LogP contribution in [0.5, 0.6) is 0 Å². The molecule has 2 heterocycles. The maximum atomic E-state index is 11.6. The maximum absolute atomic E-state index is 11.6. The largest absolute Gasteiger partial charge is 0.347 e. The standard InChI is InChI=1S/C12H12N2O2/c1-9-2-4-14(8-9)12-6-11(16)10(3-5-15)7-13-12/h2,4-8H,3H2,1H3,(H,13,16). The first-order valence-electron chi connectivity index (χ1n) is 5.01. The summed E-state index contributed by atoms with van der Waals surface area (Å²) in [6.07, 6.45) is 6.26. The second-order valence-electron chi connectivity index (χ2n) is 3.67. The fraction of sp³-hybridized carbons (Fsp3) is 0.167. The molecule has 0 spiro atoms. The third kappa shape index (κ3) is 1.95. The summed E-state index contributed by atoms with van der Waals surface area (Å²) in [6.45, 7) is 1.98. The van der Waals surface area contributed by atoms with Gasteiger partial charge in [0, 0.05) is 36.6 Å². The monoisotopic (exact) mass is 216 g/mol. The lowest BCUT2D eigenvalue weighted by atomic mass is 10.2. The fourth-order valence-corrected chi connectivity index (χ4v) is 1.54. The van der Waals surface area contributed by atoms with Crippen molar-refractivity contribution in [2.75, 3.05) is 0 Å². The summed E-state index contributed by atoms with van der Waals surface area (Å²) in [4.78, 5) is 24.9. The highest BCUT2D eigenvalue weighted by molar-refractivity contribution is 5.54. The summed E-state index contributed by atoms with van der Waals surface area (Å²) in [5.74, 6) is 0.702. The molecule has 0 amide bonds. The van der Waals surface area contributed by atoms with E-state index in [9.17, 15) is 9.59 Å². The first kappa shape index (κ1) is 10.4. The fourth-order valence-electron chi connectivity index (χ4n) is 1.54. The Morgan fingerprint density at radius 1 is 1.50 bits per heavy atom. The van der Waals surface area contributed by atoms with Crippen LogP contribution < -0.4 is 5.43 Å². The molecular formula is C12H12N2O2. The molecule has 0 aliphatic heterocycles. The number of nitrogens with zero attached hydrogens (tertiary/aromatic N) is 1. The molecular weight excluding hydrogens is 204 g/mol. The van der Waals surface area contributed by atoms with Crippen LogP contribution in [0.15, 0.2) is 35.5 Å². The number of carbonyl (C=O) groups excluding carboxylic acids is 1. The number of pyridine rings is 1. The highest BCUT2D eigenvalue weighted by Crippen LogP contribution is 2.05. The van der Waals surface area contributed by atoms with Crippen LogP contribution in [0.25, 0.3) is 5.82 Å². The van der Waals surface area contributed by atoms with E-state index in [1.54, 1.807) is 6.20 Å². The maximum Gasteiger partial charge on any atom is 0.187 e. The van der Waals surface area contributed by atoms with E-state index in [-0.39, 0.29) is 11.8 Å². The van der Waals surface area contributed by atoms with Crippen molar-refractivity contribution in [3.8, 4) is 5.82 Å². The van der Waals surface area contributed by atoms with Crippen molar-refractivity contribution in [3.63, 3.8) is 0 Å². The van der Waals surface area contributed by atoms with E-state index in [1.807, 2.05) is 30.0 Å². The van der Waals surface area contributed by atoms with Crippen LogP contribution in [0.3, 0.4) is 0 Å². The van der Waals surface area contributed by atoms with Gasteiger partial charge in [0.2, 0.25) is 0 Å². The number of hydrogen-bond acceptors (Lipinski definition) is 2. The third-order valence-electron chi connectivity index (χ3n) is 2.40. The predicted octanol–water partition coefficient (Wildman–Crippen LogP) is 1.22. The molecule has 2 aromatic heterocycles. The number of aldehydes is 1. The summed E-state index contributed by atoms with van der Waals surface area (Å²) in [7, 11) is 0. The molecule has 0 atom stereocenters. The number of hydrogen-bond donors (Lipinski definition) is 1. The number of aryl methyl sites for hydroxylation is 1. The van der Waals surface area contributed by atoms with Gasteiger partial charge in [0.25, 0.3) is 0 Å². The summed E-state index contributed by atoms with van der Waals surface area (Å²) in [5.41, 5.74) is 1.49. The van der Waals surface area contributed by atoms with Crippen LogP contribution in [-0.2, 0) is 11.2 Å². The predicted molar refractivity (Wildman–Crippen MR) is 60.9 cm³/mol. The van der Waals surface area contributed by atoms with Crippen molar-refractivity contribution in [1.82, 2.24) is 9.55 Å². The lowest BCUT2D eigenvalue weighted by Crippen LogP contribution is -2.11. The minimum Gasteiger partial charge on any atom is -0.347 e. The minimum atomic E-state index is -0.118. The molecule has 0 aromatic carbocycles. The average molecular weight is 216 g/mol. The third-order valence-corrected chi connectivity index (χ3v) is 2.40. The van der Waals surface area contributed by atoms with E-state index in [4.69, 9.17) is 0 Å². The minimum absolute atomic E-state index is 0.118. The summed E-state index contributed by atoms with van der Waals surface area (Å²) in [5, 5.41) is 0. The van der Waals surface area contributed by atoms with Gasteiger partial charge in [-0.1, -0.05) is 0 Å². The van der Waals surface area contributed by atoms with Gasteiger partial charge in [-0.25, -0.2) is 0 Å². The van der Waals surface area contributed by atoms with Crippen molar-refractivity contribution in [3.05, 3.63) is 52.1 Å². The molecule has 16 heavy (non-hydrogen) atoms. The smallest absolute Gasteiger partial charge is 0.187 e. The molecule has 2 rings (SSSR count). The molecule has 0 radical (unpaired) electrons. The summed E-state index contributed by atoms with van der Waals surface area (Å²) in [6, 6.07) is 3.45. The van der Waals surface area contributed by atoms with Gasteiger partial charge in [-0.05, 0) is 18.6 Å². The van der Waals surface area contributed by atoms with Crippen LogP contribution in [0.4, 0.5) is 0 Å². The van der Waals surface area contributed by atoms with Crippen LogP contribution in [0.1, 0.15) is 11.1 Å². The molecule has 0 fully saturated rings. The number of aromatic amines is 1. The lowest BCUT2D eigenvalue weighted by molar-refractivity contribution is -0.107. The highest BCUT2D eigenvalue weighted by atomic mass is 16.1. The number of nitrogens with one attached hydrogen (secondary N) is 1. The van der Waals surface area contributed by atoms with Gasteiger partial charge < -0.3 is 14.3 Å². The molecule has 0 saturated heterocycles. The Kier molecular flexibility index (Phi) is 2.72. The van der Waals surface area contributed by atoms with E-state index in [0.717, 1.165) is 11.8 Å². The van der Waals surface area contributed by atoms with E-state index in [2.05, 4.69) is 4.98 Å². The number of aromatic nitrogens is 2. The van der Waals surface area contributed by atoms with Crippen molar-refractivity contribution < 1.29 is 4.79 Å². The summed E-state index contributed by atoms with van der Waals surface area (Å²) < 4.78 is 1.83. The summed E-state index contributed by atoms with van der Waals surface area (Å²) >= 11 is 0. The first-order valence-corrected chi connectivity index (χ1v) is 5.01. The Morgan fingerprint density at radius 3 is 2.88 bits per heavy atom. The zero-order valence-corrected chi connectivity index (χ0v) is 8.93. The van der Waals surface area contributed by atoms with E-state index in [1.165, 1.54) is 6.07 Å². The number of carbonyl (C=O) groups is 1. The zero-order valence-electron chi connectivity index (χ0n) is 8.93. The Morgan fingerprint density at radius 2 is 2.31 bits per heavy atom. The zero-order chi connectivity index (χ0) is 11.5. The molecule has 1 N–H and O–H groups in total. The molecule has 0 aliphatic rings. The van der Waals surface area contributed by atoms with Crippen LogP contribution in [0.2, 0.25) is 0 Å². The molecule has 2 aromatic rings. The van der Waals surface area contributed by atoms with Crippen molar-refractivity contribution in [2.24, 2.45) is 0 Å². The normalized spacial score (nSPS) is 10.3. The lowest BCUT2D eigenvalue weighted by Gasteiger charge is -2.03. The highest BCUT2D eigenvalue weighted by Gasteiger charge is 2.02. The second kappa shape index (κ2) is 4.18. The van der Waals surface area contributed by atoms with Crippen molar-refractivity contribution in [2.45, 2.75) is 13.3 Å². The molecule has 0 aliphatic carbocycles. The molecule has 4 nitrogen and oxygen atoms in total. The topological polar surface area (TPSA) is 54.9 Å². The number of rotatable bonds is 3. The Hall–Kier alpha value is -2.10. The van der Waals surface area contributed by atoms with Crippen molar-refractivity contribution in [1.29, 1.82) is 0 Å². The van der Waals surface area contributed by atoms with Gasteiger partial charge in [-0.2, -0.15) is 0 Å². The van der Waals surface area contributed by atoms with Gasteiger partial charge in [0.05, 0.1) is 0 Å². The quantitative estimate of drug-likeness (QED) is 0.784. The van der Waals surface area contributed by atoms with E-state index >= 15 is 0 Å². The number of H-pyrrole nitrogens is 1. The van der Waals surface area contributed by atoms with Gasteiger partial charge >= 0.3 is 0 Å². The van der Waals surface area contributed by atoms with E-state index in [0.29, 0.717) is 11.4 Å². The van der Waals surface area contributed by atoms with Gasteiger partial charge in [-0.3, -0.25) is 4.79 Å². The van der Waals surface area contributed by atoms with Gasteiger partial charge in [-0.15, -0.1) is 0 Å². The SMILES string of the molecule is Cc1ccn(-c2cc(=O)c(CC=O)c[nH]2)c1. The molecule has 82 valence electrons. The van der Waals surface area contributed by atoms with Crippen molar-refractivity contribution >= 4 is 6.29 Å². The molecule has 4 heteroatoms. The van der Waals surface area contributed by atoms with Gasteiger partial charge in [0.15, 0.2) is 5.43 Å². The second-order valence-corrected chi connectivity index (χ2v) is 3.67. The van der Waals surface area contributed by atoms with E-state index < -0.39 is 0 Å². The molecule has 0 unspecified atom stereocenters. The Labute approximate surface area is 92.5 Å². The molecule has 0 saturated carbocycles.